The van der Waals surface area contributed by atoms with Gasteiger partial charge in [-0.2, -0.15) is 0 Å². The minimum absolute atomic E-state index is 0.415. The van der Waals surface area contributed by atoms with Gasteiger partial charge in [0.25, 0.3) is 0 Å². The van der Waals surface area contributed by atoms with Crippen LogP contribution < -0.4 is 10.1 Å². The minimum Gasteiger partial charge on any atom is -0.494 e. The molecular formula is C17H24N2OS. The molecule has 0 radical (unpaired) electrons. The third kappa shape index (κ3) is 2.39. The van der Waals surface area contributed by atoms with Crippen molar-refractivity contribution in [3.63, 3.8) is 0 Å². The van der Waals surface area contributed by atoms with Gasteiger partial charge in [-0.1, -0.05) is 39.0 Å². The maximum absolute atomic E-state index is 5.54. The number of fused-ring (bicyclic) bond motifs is 1. The van der Waals surface area contributed by atoms with E-state index < -0.39 is 0 Å². The van der Waals surface area contributed by atoms with Crippen molar-refractivity contribution in [1.82, 2.24) is 4.98 Å². The number of thiazole rings is 1. The molecule has 1 heterocycles. The summed E-state index contributed by atoms with van der Waals surface area (Å²) in [6, 6.07) is 6.10. The molecule has 0 unspecified atom stereocenters. The largest absolute Gasteiger partial charge is 0.494 e. The predicted molar refractivity (Wildman–Crippen MR) is 90.3 cm³/mol. The van der Waals surface area contributed by atoms with Crippen LogP contribution in [0.25, 0.3) is 10.2 Å². The van der Waals surface area contributed by atoms with Crippen LogP contribution in [0.4, 0.5) is 5.13 Å². The van der Waals surface area contributed by atoms with E-state index in [-0.39, 0.29) is 0 Å². The molecule has 1 aromatic heterocycles. The standard InChI is InChI=1S/C17H24N2OS/c1-6-20-11-7-8-12-13(9-11)21-15(19-12)18-10-14-16(2,3)17(14,4)5/h7-9,14H,6,10H2,1-5H3,(H,18,19). The zero-order chi connectivity index (χ0) is 15.3. The summed E-state index contributed by atoms with van der Waals surface area (Å²) < 4.78 is 6.72. The van der Waals surface area contributed by atoms with Gasteiger partial charge in [0, 0.05) is 6.54 Å². The van der Waals surface area contributed by atoms with Crippen molar-refractivity contribution >= 4 is 26.7 Å². The van der Waals surface area contributed by atoms with Crippen LogP contribution >= 0.6 is 11.3 Å². The summed E-state index contributed by atoms with van der Waals surface area (Å²) in [4.78, 5) is 4.66. The second-order valence-electron chi connectivity index (χ2n) is 6.96. The number of ether oxygens (including phenoxy) is 1. The van der Waals surface area contributed by atoms with Gasteiger partial charge in [-0.3, -0.25) is 0 Å². The second kappa shape index (κ2) is 4.87. The highest BCUT2D eigenvalue weighted by Crippen LogP contribution is 2.68. The smallest absolute Gasteiger partial charge is 0.183 e. The van der Waals surface area contributed by atoms with Crippen LogP contribution in [0.3, 0.4) is 0 Å². The van der Waals surface area contributed by atoms with Crippen molar-refractivity contribution in [1.29, 1.82) is 0 Å². The van der Waals surface area contributed by atoms with E-state index in [9.17, 15) is 0 Å². The van der Waals surface area contributed by atoms with Crippen LogP contribution in [0, 0.1) is 16.7 Å². The maximum atomic E-state index is 5.54. The Hall–Kier alpha value is -1.29. The highest BCUT2D eigenvalue weighted by atomic mass is 32.1. The molecule has 1 N–H and O–H groups in total. The number of nitrogens with one attached hydrogen (secondary N) is 1. The lowest BCUT2D eigenvalue weighted by molar-refractivity contribution is 0.341. The lowest BCUT2D eigenvalue weighted by Gasteiger charge is -2.04. The third-order valence-corrected chi connectivity index (χ3v) is 6.42. The van der Waals surface area contributed by atoms with Gasteiger partial charge in [-0.05, 0) is 41.9 Å². The first-order valence-electron chi connectivity index (χ1n) is 7.63. The summed E-state index contributed by atoms with van der Waals surface area (Å²) >= 11 is 1.71. The summed E-state index contributed by atoms with van der Waals surface area (Å²) in [5, 5.41) is 4.54. The Morgan fingerprint density at radius 2 is 1.95 bits per heavy atom. The Bertz CT molecular complexity index is 646. The topological polar surface area (TPSA) is 34.1 Å². The molecule has 0 amide bonds. The Morgan fingerprint density at radius 3 is 2.57 bits per heavy atom. The first kappa shape index (κ1) is 14.6. The fourth-order valence-corrected chi connectivity index (χ4v) is 4.17. The molecule has 0 spiro atoms. The van der Waals surface area contributed by atoms with Crippen LogP contribution in [0.5, 0.6) is 5.75 Å². The molecule has 114 valence electrons. The van der Waals surface area contributed by atoms with Crippen molar-refractivity contribution in [3.05, 3.63) is 18.2 Å². The molecule has 3 rings (SSSR count). The monoisotopic (exact) mass is 304 g/mol. The summed E-state index contributed by atoms with van der Waals surface area (Å²) in [6.07, 6.45) is 0. The van der Waals surface area contributed by atoms with Gasteiger partial charge in [0.05, 0.1) is 16.8 Å². The molecule has 1 aliphatic rings. The van der Waals surface area contributed by atoms with Gasteiger partial charge in [-0.25, -0.2) is 4.98 Å². The Balaban J connectivity index is 1.71. The summed E-state index contributed by atoms with van der Waals surface area (Å²) in [7, 11) is 0. The van der Waals surface area contributed by atoms with Crippen LogP contribution in [0.2, 0.25) is 0 Å². The Kier molecular flexibility index (Phi) is 3.40. The molecule has 1 aromatic carbocycles. The molecule has 0 atom stereocenters. The number of anilines is 1. The molecule has 3 nitrogen and oxygen atoms in total. The first-order valence-corrected chi connectivity index (χ1v) is 8.45. The summed E-state index contributed by atoms with van der Waals surface area (Å²) in [5.74, 6) is 1.63. The van der Waals surface area contributed by atoms with E-state index in [2.05, 4.69) is 44.1 Å². The van der Waals surface area contributed by atoms with E-state index in [4.69, 9.17) is 4.74 Å². The molecule has 0 saturated heterocycles. The normalized spacial score (nSPS) is 19.7. The van der Waals surface area contributed by atoms with Crippen LogP contribution in [-0.4, -0.2) is 18.1 Å². The number of aromatic nitrogens is 1. The maximum Gasteiger partial charge on any atom is 0.183 e. The number of rotatable bonds is 5. The quantitative estimate of drug-likeness (QED) is 0.862. The van der Waals surface area contributed by atoms with Gasteiger partial charge in [0.15, 0.2) is 5.13 Å². The van der Waals surface area contributed by atoms with Crippen molar-refractivity contribution in [2.45, 2.75) is 34.6 Å². The zero-order valence-corrected chi connectivity index (χ0v) is 14.3. The summed E-state index contributed by atoms with van der Waals surface area (Å²) in [6.45, 7) is 13.1. The molecule has 0 aliphatic heterocycles. The van der Waals surface area contributed by atoms with E-state index in [0.29, 0.717) is 23.4 Å². The molecule has 1 saturated carbocycles. The van der Waals surface area contributed by atoms with Crippen molar-refractivity contribution in [2.24, 2.45) is 16.7 Å². The SMILES string of the molecule is CCOc1ccc2nc(NCC3C(C)(C)C3(C)C)sc2c1. The highest BCUT2D eigenvalue weighted by molar-refractivity contribution is 7.22. The van der Waals surface area contributed by atoms with Gasteiger partial charge < -0.3 is 10.1 Å². The van der Waals surface area contributed by atoms with Gasteiger partial charge in [-0.15, -0.1) is 0 Å². The van der Waals surface area contributed by atoms with E-state index in [1.54, 1.807) is 11.3 Å². The van der Waals surface area contributed by atoms with E-state index in [1.165, 1.54) is 4.70 Å². The van der Waals surface area contributed by atoms with Crippen molar-refractivity contribution in [3.8, 4) is 5.75 Å². The Labute approximate surface area is 130 Å². The molecule has 1 aliphatic carbocycles. The molecule has 21 heavy (non-hydrogen) atoms. The lowest BCUT2D eigenvalue weighted by atomic mass is 10.0. The number of hydrogen-bond acceptors (Lipinski definition) is 4. The molecule has 0 bridgehead atoms. The molecule has 2 aromatic rings. The van der Waals surface area contributed by atoms with Crippen LogP contribution in [-0.2, 0) is 0 Å². The molecule has 4 heteroatoms. The predicted octanol–water partition coefficient (Wildman–Crippen LogP) is 4.79. The van der Waals surface area contributed by atoms with Gasteiger partial charge >= 0.3 is 0 Å². The number of benzene rings is 1. The average Bonchev–Trinajstić information content (AvgIpc) is 2.74. The van der Waals surface area contributed by atoms with Crippen LogP contribution in [0.15, 0.2) is 18.2 Å². The number of hydrogen-bond donors (Lipinski definition) is 1. The minimum atomic E-state index is 0.415. The van der Waals surface area contributed by atoms with Gasteiger partial charge in [0.1, 0.15) is 5.75 Å². The zero-order valence-electron chi connectivity index (χ0n) is 13.5. The first-order chi connectivity index (χ1) is 9.86. The highest BCUT2D eigenvalue weighted by Gasteiger charge is 2.64. The molecule has 1 fully saturated rings. The van der Waals surface area contributed by atoms with Crippen LogP contribution in [0.1, 0.15) is 34.6 Å². The lowest BCUT2D eigenvalue weighted by Crippen LogP contribution is -2.07. The fourth-order valence-electron chi connectivity index (χ4n) is 3.27. The van der Waals surface area contributed by atoms with E-state index in [1.807, 2.05) is 19.1 Å². The second-order valence-corrected chi connectivity index (χ2v) is 7.99. The fraction of sp³-hybridized carbons (Fsp3) is 0.588. The average molecular weight is 304 g/mol. The van der Waals surface area contributed by atoms with E-state index >= 15 is 0 Å². The molecular weight excluding hydrogens is 280 g/mol. The summed E-state index contributed by atoms with van der Waals surface area (Å²) in [5.41, 5.74) is 1.87. The van der Waals surface area contributed by atoms with Crippen molar-refractivity contribution < 1.29 is 4.74 Å². The van der Waals surface area contributed by atoms with Crippen molar-refractivity contribution in [2.75, 3.05) is 18.5 Å². The third-order valence-electron chi connectivity index (χ3n) is 5.45. The van der Waals surface area contributed by atoms with Gasteiger partial charge in [0.2, 0.25) is 0 Å². The van der Waals surface area contributed by atoms with E-state index in [0.717, 1.165) is 22.9 Å². The Morgan fingerprint density at radius 1 is 1.24 bits per heavy atom. The number of nitrogens with zero attached hydrogens (tertiary/aromatic N) is 1.